The first-order valence-electron chi connectivity index (χ1n) is 8.30. The van der Waals surface area contributed by atoms with Crippen LogP contribution in [0.4, 0.5) is 5.13 Å². The molecule has 0 radical (unpaired) electrons. The number of aromatic hydroxyl groups is 1. The molecule has 0 aliphatic carbocycles. The van der Waals surface area contributed by atoms with E-state index in [1.54, 1.807) is 12.1 Å². The Morgan fingerprint density at radius 2 is 1.96 bits per heavy atom. The Balaban J connectivity index is 1.52. The summed E-state index contributed by atoms with van der Waals surface area (Å²) in [7, 11) is 0. The number of benzene rings is 2. The van der Waals surface area contributed by atoms with Crippen LogP contribution in [0.5, 0.6) is 11.5 Å². The summed E-state index contributed by atoms with van der Waals surface area (Å²) < 4.78 is 11.3. The quantitative estimate of drug-likeness (QED) is 0.606. The van der Waals surface area contributed by atoms with E-state index < -0.39 is 18.5 Å². The van der Waals surface area contributed by atoms with Crippen LogP contribution in [0.1, 0.15) is 12.5 Å². The molecule has 140 valence electrons. The second-order valence-corrected chi connectivity index (χ2v) is 6.66. The van der Waals surface area contributed by atoms with Gasteiger partial charge in [-0.25, -0.2) is 4.98 Å². The molecule has 1 amide bonds. The minimum absolute atomic E-state index is 0.0227. The molecule has 0 saturated carbocycles. The van der Waals surface area contributed by atoms with Crippen LogP contribution in [0.15, 0.2) is 42.5 Å². The number of aromatic nitrogens is 1. The summed E-state index contributed by atoms with van der Waals surface area (Å²) in [6.07, 6.45) is 0.0227. The van der Waals surface area contributed by atoms with Gasteiger partial charge < -0.3 is 14.6 Å². The average molecular weight is 386 g/mol. The van der Waals surface area contributed by atoms with E-state index >= 15 is 0 Å². The molecule has 0 atom stereocenters. The molecular formula is C19H18N2O5S. The van der Waals surface area contributed by atoms with Crippen LogP contribution in [-0.2, 0) is 20.7 Å². The van der Waals surface area contributed by atoms with Crippen molar-refractivity contribution in [2.75, 3.05) is 18.5 Å². The summed E-state index contributed by atoms with van der Waals surface area (Å²) >= 11 is 1.32. The van der Waals surface area contributed by atoms with Gasteiger partial charge in [-0.15, -0.1) is 0 Å². The van der Waals surface area contributed by atoms with E-state index in [1.807, 2.05) is 25.1 Å². The lowest BCUT2D eigenvalue weighted by molar-refractivity contribution is -0.146. The first-order chi connectivity index (χ1) is 13.0. The Kier molecular flexibility index (Phi) is 5.87. The number of hydrogen-bond acceptors (Lipinski definition) is 7. The van der Waals surface area contributed by atoms with Crippen LogP contribution in [-0.4, -0.2) is 35.2 Å². The molecule has 3 aromatic rings. The van der Waals surface area contributed by atoms with Crippen LogP contribution in [0.25, 0.3) is 10.2 Å². The lowest BCUT2D eigenvalue weighted by Gasteiger charge is -2.05. The van der Waals surface area contributed by atoms with E-state index in [-0.39, 0.29) is 12.2 Å². The molecule has 0 bridgehead atoms. The summed E-state index contributed by atoms with van der Waals surface area (Å²) in [5.74, 6) is -0.120. The molecule has 7 nitrogen and oxygen atoms in total. The number of esters is 1. The van der Waals surface area contributed by atoms with Crippen molar-refractivity contribution in [1.82, 2.24) is 4.98 Å². The minimum Gasteiger partial charge on any atom is -0.508 e. The number of anilines is 1. The molecule has 3 rings (SSSR count). The zero-order chi connectivity index (χ0) is 19.2. The molecule has 8 heteroatoms. The highest BCUT2D eigenvalue weighted by atomic mass is 32.1. The van der Waals surface area contributed by atoms with Crippen molar-refractivity contribution >= 4 is 38.6 Å². The number of hydrogen-bond donors (Lipinski definition) is 2. The van der Waals surface area contributed by atoms with E-state index in [0.29, 0.717) is 17.3 Å². The van der Waals surface area contributed by atoms with Gasteiger partial charge >= 0.3 is 5.97 Å². The van der Waals surface area contributed by atoms with Crippen molar-refractivity contribution in [3.63, 3.8) is 0 Å². The topological polar surface area (TPSA) is 97.8 Å². The van der Waals surface area contributed by atoms with Crippen molar-refractivity contribution in [2.45, 2.75) is 13.3 Å². The van der Waals surface area contributed by atoms with Gasteiger partial charge in [-0.05, 0) is 42.8 Å². The third-order valence-corrected chi connectivity index (χ3v) is 4.50. The van der Waals surface area contributed by atoms with Gasteiger partial charge in [0.2, 0.25) is 0 Å². The normalized spacial score (nSPS) is 10.6. The maximum atomic E-state index is 12.0. The van der Waals surface area contributed by atoms with Crippen molar-refractivity contribution < 1.29 is 24.2 Å². The van der Waals surface area contributed by atoms with Crippen molar-refractivity contribution in [2.24, 2.45) is 0 Å². The number of nitrogens with one attached hydrogen (secondary N) is 1. The highest BCUT2D eigenvalue weighted by Gasteiger charge is 2.12. The summed E-state index contributed by atoms with van der Waals surface area (Å²) in [5.41, 5.74) is 1.44. The van der Waals surface area contributed by atoms with Crippen molar-refractivity contribution in [3.05, 3.63) is 48.0 Å². The summed E-state index contributed by atoms with van der Waals surface area (Å²) in [5, 5.41) is 12.3. The predicted molar refractivity (Wildman–Crippen MR) is 102 cm³/mol. The lowest BCUT2D eigenvalue weighted by Crippen LogP contribution is -2.21. The van der Waals surface area contributed by atoms with Gasteiger partial charge in [-0.3, -0.25) is 14.9 Å². The molecule has 0 aliphatic heterocycles. The molecule has 0 spiro atoms. The SMILES string of the molecule is CCOc1ccc2nc(NC(=O)COC(=O)Cc3ccc(O)cc3)sc2c1. The number of thiazole rings is 1. The van der Waals surface area contributed by atoms with E-state index in [9.17, 15) is 14.7 Å². The van der Waals surface area contributed by atoms with E-state index in [4.69, 9.17) is 9.47 Å². The first kappa shape index (κ1) is 18.7. The molecule has 27 heavy (non-hydrogen) atoms. The molecule has 0 saturated heterocycles. The first-order valence-corrected chi connectivity index (χ1v) is 9.12. The molecule has 0 aliphatic rings. The third kappa shape index (κ3) is 5.18. The Bertz CT molecular complexity index is 952. The van der Waals surface area contributed by atoms with Gasteiger partial charge in [0.25, 0.3) is 5.91 Å². The van der Waals surface area contributed by atoms with Gasteiger partial charge in [0.05, 0.1) is 23.2 Å². The molecule has 1 heterocycles. The standard InChI is InChI=1S/C19H18N2O5S/c1-2-25-14-7-8-15-16(10-14)27-19(20-15)21-17(23)11-26-18(24)9-12-3-5-13(22)6-4-12/h3-8,10,22H,2,9,11H2,1H3,(H,20,21,23). The molecule has 1 aromatic heterocycles. The zero-order valence-electron chi connectivity index (χ0n) is 14.6. The summed E-state index contributed by atoms with van der Waals surface area (Å²) in [4.78, 5) is 28.1. The second kappa shape index (κ2) is 8.50. The minimum atomic E-state index is -0.526. The number of fused-ring (bicyclic) bond motifs is 1. The van der Waals surface area contributed by atoms with E-state index in [1.165, 1.54) is 23.5 Å². The summed E-state index contributed by atoms with van der Waals surface area (Å²) in [6.45, 7) is 2.09. The molecule has 2 aromatic carbocycles. The molecule has 2 N–H and O–H groups in total. The third-order valence-electron chi connectivity index (χ3n) is 3.57. The average Bonchev–Trinajstić information content (AvgIpc) is 3.03. The van der Waals surface area contributed by atoms with Crippen LogP contribution in [0.2, 0.25) is 0 Å². The van der Waals surface area contributed by atoms with Crippen LogP contribution in [0.3, 0.4) is 0 Å². The van der Waals surface area contributed by atoms with Gasteiger partial charge in [-0.2, -0.15) is 0 Å². The number of phenols is 1. The number of amides is 1. The van der Waals surface area contributed by atoms with Crippen LogP contribution >= 0.6 is 11.3 Å². The highest BCUT2D eigenvalue weighted by Crippen LogP contribution is 2.29. The lowest BCUT2D eigenvalue weighted by atomic mass is 10.1. The zero-order valence-corrected chi connectivity index (χ0v) is 15.4. The van der Waals surface area contributed by atoms with Gasteiger partial charge in [0.15, 0.2) is 11.7 Å². The molecule has 0 unspecified atom stereocenters. The molecular weight excluding hydrogens is 368 g/mol. The predicted octanol–water partition coefficient (Wildman–Crippen LogP) is 3.13. The maximum Gasteiger partial charge on any atom is 0.310 e. The number of rotatable bonds is 7. The monoisotopic (exact) mass is 386 g/mol. The Morgan fingerprint density at radius 3 is 2.70 bits per heavy atom. The smallest absolute Gasteiger partial charge is 0.310 e. The highest BCUT2D eigenvalue weighted by molar-refractivity contribution is 7.22. The maximum absolute atomic E-state index is 12.0. The fraction of sp³-hybridized carbons (Fsp3) is 0.211. The fourth-order valence-corrected chi connectivity index (χ4v) is 3.26. The second-order valence-electron chi connectivity index (χ2n) is 5.63. The number of carbonyl (C=O) groups excluding carboxylic acids is 2. The van der Waals surface area contributed by atoms with Crippen molar-refractivity contribution in [3.8, 4) is 11.5 Å². The molecule has 0 fully saturated rings. The Hall–Kier alpha value is -3.13. The Labute approximate surface area is 159 Å². The van der Waals surface area contributed by atoms with Gasteiger partial charge in [0.1, 0.15) is 11.5 Å². The van der Waals surface area contributed by atoms with Crippen LogP contribution < -0.4 is 10.1 Å². The number of phenolic OH excluding ortho intramolecular Hbond substituents is 1. The van der Waals surface area contributed by atoms with Crippen LogP contribution in [0, 0.1) is 0 Å². The van der Waals surface area contributed by atoms with E-state index in [0.717, 1.165) is 16.0 Å². The Morgan fingerprint density at radius 1 is 1.19 bits per heavy atom. The number of ether oxygens (including phenoxy) is 2. The van der Waals surface area contributed by atoms with E-state index in [2.05, 4.69) is 10.3 Å². The van der Waals surface area contributed by atoms with Crippen molar-refractivity contribution in [1.29, 1.82) is 0 Å². The summed E-state index contributed by atoms with van der Waals surface area (Å²) in [6, 6.07) is 11.7. The fourth-order valence-electron chi connectivity index (χ4n) is 2.35. The van der Waals surface area contributed by atoms with Gasteiger partial charge in [0, 0.05) is 0 Å². The number of carbonyl (C=O) groups is 2. The van der Waals surface area contributed by atoms with Gasteiger partial charge in [-0.1, -0.05) is 23.5 Å². The number of nitrogens with zero attached hydrogens (tertiary/aromatic N) is 1. The largest absolute Gasteiger partial charge is 0.508 e.